The van der Waals surface area contributed by atoms with E-state index in [2.05, 4.69) is 37.1 Å². The highest BCUT2D eigenvalue weighted by Crippen LogP contribution is 2.46. The Morgan fingerprint density at radius 2 is 1.73 bits per heavy atom. The molecule has 0 bridgehead atoms. The third-order valence-corrected chi connectivity index (χ3v) is 6.91. The number of aryl methyl sites for hydroxylation is 1. The van der Waals surface area contributed by atoms with Gasteiger partial charge in [-0.1, -0.05) is 39.0 Å². The number of anilines is 2. The molecule has 3 heterocycles. The van der Waals surface area contributed by atoms with Crippen LogP contribution in [0, 0.1) is 18.2 Å². The van der Waals surface area contributed by atoms with Gasteiger partial charge in [-0.05, 0) is 27.0 Å². The highest BCUT2D eigenvalue weighted by molar-refractivity contribution is 5.90. The lowest BCUT2D eigenvalue weighted by Crippen LogP contribution is -2.44. The van der Waals surface area contributed by atoms with Crippen LogP contribution < -0.4 is 15.0 Å². The first-order valence-electron chi connectivity index (χ1n) is 12.4. The number of likely N-dealkylation sites (N-methyl/N-ethyl adjacent to an activating group) is 1. The molecule has 3 aromatic rings. The summed E-state index contributed by atoms with van der Waals surface area (Å²) < 4.78 is 51.2. The first-order valence-corrected chi connectivity index (χ1v) is 12.4. The van der Waals surface area contributed by atoms with Crippen LogP contribution in [0.4, 0.5) is 24.7 Å². The van der Waals surface area contributed by atoms with E-state index in [1.54, 1.807) is 21.0 Å². The zero-order valence-corrected chi connectivity index (χ0v) is 22.5. The monoisotopic (exact) mass is 516 g/mol. The minimum Gasteiger partial charge on any atom is -0.479 e. The summed E-state index contributed by atoms with van der Waals surface area (Å²) in [6, 6.07) is 5.42. The Morgan fingerprint density at radius 1 is 1.05 bits per heavy atom. The Labute approximate surface area is 216 Å². The Balaban J connectivity index is 1.74. The number of methoxy groups -OCH3 is 1. The molecule has 4 rings (SSSR count). The summed E-state index contributed by atoms with van der Waals surface area (Å²) in [5.41, 5.74) is -0.659. The standard InChI is InChI=1S/C27H35F3N6O/c1-16(18-9-8-10-20(22(18)28)27(29,30)26(3,4)5)31-23-19-15-21(36-13-11-35(6)12-14-36)25(37-7)34-24(19)33-17(2)32-23/h8-10,15-16H,11-14H2,1-7H3,(H,31,32,33,34)/t16-/m1/s1. The van der Waals surface area contributed by atoms with Crippen molar-refractivity contribution in [3.8, 4) is 5.88 Å². The fourth-order valence-corrected chi connectivity index (χ4v) is 4.48. The summed E-state index contributed by atoms with van der Waals surface area (Å²) in [6.07, 6.45) is 0. The number of aromatic nitrogens is 3. The van der Waals surface area contributed by atoms with Gasteiger partial charge in [-0.25, -0.2) is 23.1 Å². The van der Waals surface area contributed by atoms with E-state index in [1.807, 2.05) is 6.07 Å². The predicted molar refractivity (Wildman–Crippen MR) is 140 cm³/mol. The molecule has 1 N–H and O–H groups in total. The van der Waals surface area contributed by atoms with Crippen molar-refractivity contribution >= 4 is 22.5 Å². The fourth-order valence-electron chi connectivity index (χ4n) is 4.48. The van der Waals surface area contributed by atoms with Crippen molar-refractivity contribution in [2.75, 3.05) is 50.6 Å². The Morgan fingerprint density at radius 3 is 2.35 bits per heavy atom. The molecule has 0 spiro atoms. The Hall–Kier alpha value is -3.14. The number of pyridine rings is 1. The minimum atomic E-state index is -3.34. The van der Waals surface area contributed by atoms with Crippen LogP contribution in [0.5, 0.6) is 5.88 Å². The van der Waals surface area contributed by atoms with Crippen LogP contribution in [0.3, 0.4) is 0 Å². The second-order valence-electron chi connectivity index (χ2n) is 10.7. The Kier molecular flexibility index (Phi) is 7.25. The Bertz CT molecular complexity index is 1290. The first kappa shape index (κ1) is 26.9. The predicted octanol–water partition coefficient (Wildman–Crippen LogP) is 5.54. The highest BCUT2D eigenvalue weighted by Gasteiger charge is 2.47. The van der Waals surface area contributed by atoms with Gasteiger partial charge in [0.2, 0.25) is 5.88 Å². The zero-order chi connectivity index (χ0) is 27.1. The van der Waals surface area contributed by atoms with Gasteiger partial charge in [0, 0.05) is 37.2 Å². The van der Waals surface area contributed by atoms with Crippen molar-refractivity contribution in [1.29, 1.82) is 0 Å². The number of nitrogens with zero attached hydrogens (tertiary/aromatic N) is 5. The molecule has 1 aromatic carbocycles. The second kappa shape index (κ2) is 9.96. The molecule has 1 fully saturated rings. The maximum absolute atomic E-state index is 15.5. The topological polar surface area (TPSA) is 66.4 Å². The molecule has 1 saturated heterocycles. The van der Waals surface area contributed by atoms with Gasteiger partial charge in [0.05, 0.1) is 24.1 Å². The third kappa shape index (κ3) is 5.16. The summed E-state index contributed by atoms with van der Waals surface area (Å²) >= 11 is 0. The molecule has 0 radical (unpaired) electrons. The number of nitrogens with one attached hydrogen (secondary N) is 1. The van der Waals surface area contributed by atoms with E-state index in [4.69, 9.17) is 4.74 Å². The summed E-state index contributed by atoms with van der Waals surface area (Å²) in [5.74, 6) is -2.87. The number of rotatable bonds is 6. The van der Waals surface area contributed by atoms with E-state index >= 15 is 13.2 Å². The first-order chi connectivity index (χ1) is 17.3. The molecule has 1 aliphatic rings. The molecule has 1 atom stereocenters. The highest BCUT2D eigenvalue weighted by atomic mass is 19.3. The summed E-state index contributed by atoms with van der Waals surface area (Å²) in [6.45, 7) is 11.1. The van der Waals surface area contributed by atoms with E-state index in [0.717, 1.165) is 37.9 Å². The van der Waals surface area contributed by atoms with Crippen molar-refractivity contribution in [3.63, 3.8) is 0 Å². The average Bonchev–Trinajstić information content (AvgIpc) is 2.83. The molecule has 1 aliphatic heterocycles. The number of hydrogen-bond donors (Lipinski definition) is 1. The molecular formula is C27H35F3N6O. The lowest BCUT2D eigenvalue weighted by atomic mass is 9.82. The van der Waals surface area contributed by atoms with Gasteiger partial charge in [-0.2, -0.15) is 4.98 Å². The summed E-state index contributed by atoms with van der Waals surface area (Å²) in [5, 5.41) is 3.87. The maximum Gasteiger partial charge on any atom is 0.280 e. The normalized spacial score (nSPS) is 16.2. The van der Waals surface area contributed by atoms with Crippen molar-refractivity contribution in [2.45, 2.75) is 46.6 Å². The molecule has 37 heavy (non-hydrogen) atoms. The van der Waals surface area contributed by atoms with Gasteiger partial charge in [0.25, 0.3) is 5.92 Å². The molecule has 0 aliphatic carbocycles. The van der Waals surface area contributed by atoms with Crippen LogP contribution in [-0.2, 0) is 5.92 Å². The van der Waals surface area contributed by atoms with Crippen LogP contribution in [0.15, 0.2) is 24.3 Å². The van der Waals surface area contributed by atoms with Gasteiger partial charge in [-0.3, -0.25) is 0 Å². The zero-order valence-electron chi connectivity index (χ0n) is 22.5. The molecule has 200 valence electrons. The quantitative estimate of drug-likeness (QED) is 0.461. The second-order valence-corrected chi connectivity index (χ2v) is 10.7. The van der Waals surface area contributed by atoms with Crippen molar-refractivity contribution in [2.24, 2.45) is 5.41 Å². The number of ether oxygens (including phenoxy) is 1. The largest absolute Gasteiger partial charge is 0.479 e. The number of benzene rings is 1. The van der Waals surface area contributed by atoms with Crippen LogP contribution in [0.25, 0.3) is 11.0 Å². The van der Waals surface area contributed by atoms with Crippen molar-refractivity contribution < 1.29 is 17.9 Å². The number of piperazine rings is 1. The minimum absolute atomic E-state index is 0.131. The smallest absolute Gasteiger partial charge is 0.280 e. The van der Waals surface area contributed by atoms with Crippen LogP contribution in [0.2, 0.25) is 0 Å². The maximum atomic E-state index is 15.5. The molecule has 0 saturated carbocycles. The lowest BCUT2D eigenvalue weighted by Gasteiger charge is -2.34. The van der Waals surface area contributed by atoms with E-state index in [-0.39, 0.29) is 5.56 Å². The van der Waals surface area contributed by atoms with Gasteiger partial charge in [0.15, 0.2) is 5.65 Å². The fraction of sp³-hybridized carbons (Fsp3) is 0.519. The van der Waals surface area contributed by atoms with Gasteiger partial charge in [-0.15, -0.1) is 0 Å². The molecule has 0 unspecified atom stereocenters. The number of halogens is 3. The average molecular weight is 517 g/mol. The van der Waals surface area contributed by atoms with E-state index in [0.29, 0.717) is 28.6 Å². The number of fused-ring (bicyclic) bond motifs is 1. The van der Waals surface area contributed by atoms with Crippen LogP contribution >= 0.6 is 0 Å². The van der Waals surface area contributed by atoms with Crippen LogP contribution in [-0.4, -0.2) is 60.2 Å². The van der Waals surface area contributed by atoms with Gasteiger partial charge >= 0.3 is 0 Å². The van der Waals surface area contributed by atoms with E-state index in [9.17, 15) is 0 Å². The lowest BCUT2D eigenvalue weighted by molar-refractivity contribution is -0.107. The van der Waals surface area contributed by atoms with Gasteiger partial charge in [0.1, 0.15) is 23.1 Å². The number of alkyl halides is 2. The van der Waals surface area contributed by atoms with E-state index < -0.39 is 28.8 Å². The molecule has 7 nitrogen and oxygen atoms in total. The SMILES string of the molecule is COc1nc2nc(C)nc(N[C@H](C)c3cccc(C(F)(F)C(C)(C)C)c3F)c2cc1N1CCN(C)CC1. The van der Waals surface area contributed by atoms with Crippen LogP contribution in [0.1, 0.15) is 50.7 Å². The molecule has 0 amide bonds. The van der Waals surface area contributed by atoms with Crippen molar-refractivity contribution in [1.82, 2.24) is 19.9 Å². The third-order valence-electron chi connectivity index (χ3n) is 6.91. The molecule has 10 heteroatoms. The summed E-state index contributed by atoms with van der Waals surface area (Å²) in [7, 11) is 3.66. The molecule has 2 aromatic heterocycles. The number of hydrogen-bond acceptors (Lipinski definition) is 7. The van der Waals surface area contributed by atoms with Gasteiger partial charge < -0.3 is 19.9 Å². The summed E-state index contributed by atoms with van der Waals surface area (Å²) in [4.78, 5) is 18.1. The van der Waals surface area contributed by atoms with E-state index in [1.165, 1.54) is 32.9 Å². The molecular weight excluding hydrogens is 481 g/mol. The van der Waals surface area contributed by atoms with Crippen molar-refractivity contribution in [3.05, 3.63) is 47.0 Å².